The molecule has 0 amide bonds. The van der Waals surface area contributed by atoms with Gasteiger partial charge >= 0.3 is 0 Å². The molecule has 4 rings (SSSR count). The number of phenols is 1. The third-order valence-electron chi connectivity index (χ3n) is 6.36. The lowest BCUT2D eigenvalue weighted by molar-refractivity contribution is -0.110. The highest BCUT2D eigenvalue weighted by Crippen LogP contribution is 2.35. The van der Waals surface area contributed by atoms with Gasteiger partial charge in [0.25, 0.3) is 0 Å². The number of aromatic nitrogens is 3. The van der Waals surface area contributed by atoms with Gasteiger partial charge in [-0.3, -0.25) is 9.98 Å². The van der Waals surface area contributed by atoms with E-state index < -0.39 is 0 Å². The number of phenolic OH excluding ortho intramolecular Hbond substituents is 1. The van der Waals surface area contributed by atoms with Crippen LogP contribution in [0.4, 0.5) is 5.00 Å². The first kappa shape index (κ1) is 28.8. The largest absolute Gasteiger partial charge is 0.507 e. The van der Waals surface area contributed by atoms with Crippen molar-refractivity contribution < 1.29 is 14.4 Å². The predicted molar refractivity (Wildman–Crippen MR) is 162 cm³/mol. The number of hydrogen-bond donors (Lipinski definition) is 2. The first-order valence-electron chi connectivity index (χ1n) is 13.0. The number of aldehydes is 1. The number of nitrogens with zero attached hydrogens (tertiary/aromatic N) is 6. The molecule has 208 valence electrons. The van der Waals surface area contributed by atoms with Crippen LogP contribution < -0.4 is 10.2 Å². The molecule has 0 aliphatic carbocycles. The minimum Gasteiger partial charge on any atom is -0.507 e. The summed E-state index contributed by atoms with van der Waals surface area (Å²) in [6.45, 7) is 10.2. The summed E-state index contributed by atoms with van der Waals surface area (Å²) in [5.74, 6) is 0.418. The molecule has 1 unspecified atom stereocenters. The van der Waals surface area contributed by atoms with Crippen LogP contribution in [0, 0.1) is 5.92 Å². The molecule has 0 radical (unpaired) electrons. The van der Waals surface area contributed by atoms with Gasteiger partial charge in [0.15, 0.2) is 0 Å². The first-order valence-corrected chi connectivity index (χ1v) is 13.8. The van der Waals surface area contributed by atoms with Gasteiger partial charge in [0.05, 0.1) is 27.9 Å². The Morgan fingerprint density at radius 1 is 1.23 bits per heavy atom. The van der Waals surface area contributed by atoms with E-state index in [1.807, 2.05) is 45.2 Å². The monoisotopic (exact) mass is 559 g/mol. The van der Waals surface area contributed by atoms with E-state index >= 15 is 0 Å². The molecule has 2 N–H and O–H groups in total. The van der Waals surface area contributed by atoms with Gasteiger partial charge in [0.2, 0.25) is 0 Å². The van der Waals surface area contributed by atoms with Crippen molar-refractivity contribution in [3.8, 4) is 17.0 Å². The molecule has 3 aromatic heterocycles. The maximum Gasteiger partial charge on any atom is 0.147 e. The Morgan fingerprint density at radius 2 is 2.05 bits per heavy atom. The number of nitrogens with one attached hydrogen (secondary N) is 1. The first-order chi connectivity index (χ1) is 19.4. The highest BCUT2D eigenvalue weighted by Gasteiger charge is 2.21. The number of anilines is 1. The zero-order chi connectivity index (χ0) is 28.5. The molecule has 0 aliphatic rings. The smallest absolute Gasteiger partial charge is 0.147 e. The average Bonchev–Trinajstić information content (AvgIpc) is 3.60. The quantitative estimate of drug-likeness (QED) is 0.166. The van der Waals surface area contributed by atoms with Crippen LogP contribution in [0.15, 0.2) is 63.2 Å². The fourth-order valence-corrected chi connectivity index (χ4v) is 5.20. The van der Waals surface area contributed by atoms with Crippen LogP contribution in [0.2, 0.25) is 0 Å². The summed E-state index contributed by atoms with van der Waals surface area (Å²) < 4.78 is 6.43. The van der Waals surface area contributed by atoms with Crippen LogP contribution in [0.3, 0.4) is 0 Å². The van der Waals surface area contributed by atoms with E-state index in [2.05, 4.69) is 42.3 Å². The van der Waals surface area contributed by atoms with E-state index in [0.29, 0.717) is 41.4 Å². The van der Waals surface area contributed by atoms with E-state index in [9.17, 15) is 9.90 Å². The molecular formula is C29H33N7O3S. The number of rotatable bonds is 14. The highest BCUT2D eigenvalue weighted by atomic mass is 32.1. The zero-order valence-corrected chi connectivity index (χ0v) is 23.6. The third-order valence-corrected chi connectivity index (χ3v) is 7.49. The number of fused-ring (bicyclic) bond motifs is 1. The summed E-state index contributed by atoms with van der Waals surface area (Å²) in [5.41, 5.74) is 3.28. The summed E-state index contributed by atoms with van der Waals surface area (Å²) in [4.78, 5) is 22.2. The fraction of sp³-hybridized carbons (Fsp3) is 0.310. The number of benzene rings is 1. The molecule has 3 heterocycles. The van der Waals surface area contributed by atoms with Crippen molar-refractivity contribution in [3.63, 3.8) is 0 Å². The number of carbonyl (C=O) groups excluding carboxylic acids is 1. The van der Waals surface area contributed by atoms with Crippen molar-refractivity contribution in [2.45, 2.75) is 19.8 Å². The predicted octanol–water partition coefficient (Wildman–Crippen LogP) is 4.83. The number of allylic oxidation sites excluding steroid dienone is 1. The lowest BCUT2D eigenvalue weighted by Gasteiger charge is -2.21. The molecule has 4 aromatic rings. The van der Waals surface area contributed by atoms with Gasteiger partial charge in [-0.1, -0.05) is 31.1 Å². The molecule has 0 spiro atoms. The topological polar surface area (TPSA) is 129 Å². The molecular weight excluding hydrogens is 526 g/mol. The SMILES string of the molecule is C=N/C=C(\C=NCCN(CCNC)c1cc2nnc(-c3ccccc3O)cc2s1)c1cc(C(C=O)C(C)C)on1. The molecule has 40 heavy (non-hydrogen) atoms. The molecule has 1 aromatic carbocycles. The Bertz CT molecular complexity index is 1510. The van der Waals surface area contributed by atoms with Gasteiger partial charge in [-0.25, -0.2) is 0 Å². The number of likely N-dealkylation sites (N-methyl/N-ethyl adjacent to an activating group) is 1. The summed E-state index contributed by atoms with van der Waals surface area (Å²) in [6, 6.07) is 12.9. The number of carbonyl (C=O) groups is 1. The molecule has 1 atom stereocenters. The molecule has 11 heteroatoms. The Kier molecular flexibility index (Phi) is 9.87. The van der Waals surface area contributed by atoms with Gasteiger partial charge in [0.1, 0.15) is 29.0 Å². The van der Waals surface area contributed by atoms with Crippen LogP contribution in [0.25, 0.3) is 27.0 Å². The van der Waals surface area contributed by atoms with Gasteiger partial charge in [-0.2, -0.15) is 0 Å². The maximum atomic E-state index is 11.5. The fourth-order valence-electron chi connectivity index (χ4n) is 4.12. The van der Waals surface area contributed by atoms with Gasteiger partial charge in [-0.05, 0) is 37.9 Å². The Hall–Kier alpha value is -4.22. The normalized spacial score (nSPS) is 12.8. The number of thiophene rings is 1. The lowest BCUT2D eigenvalue weighted by Crippen LogP contribution is -2.32. The van der Waals surface area contributed by atoms with E-state index in [1.54, 1.807) is 42.0 Å². The van der Waals surface area contributed by atoms with Crippen LogP contribution >= 0.6 is 11.3 Å². The minimum absolute atomic E-state index is 0.0949. The molecule has 0 saturated heterocycles. The van der Waals surface area contributed by atoms with Crippen LogP contribution in [-0.2, 0) is 4.79 Å². The molecule has 0 saturated carbocycles. The van der Waals surface area contributed by atoms with Gasteiger partial charge in [0, 0.05) is 55.3 Å². The number of para-hydroxylation sites is 1. The van der Waals surface area contributed by atoms with Crippen molar-refractivity contribution in [3.05, 3.63) is 60.1 Å². The summed E-state index contributed by atoms with van der Waals surface area (Å²) in [7, 11) is 1.92. The molecule has 0 bridgehead atoms. The zero-order valence-electron chi connectivity index (χ0n) is 22.8. The summed E-state index contributed by atoms with van der Waals surface area (Å²) >= 11 is 1.63. The Morgan fingerprint density at radius 3 is 2.77 bits per heavy atom. The van der Waals surface area contributed by atoms with Crippen LogP contribution in [0.5, 0.6) is 5.75 Å². The minimum atomic E-state index is -0.364. The second-order valence-electron chi connectivity index (χ2n) is 9.49. The Balaban J connectivity index is 1.49. The molecule has 0 aliphatic heterocycles. The number of hydrogen-bond acceptors (Lipinski definition) is 11. The highest BCUT2D eigenvalue weighted by molar-refractivity contribution is 7.22. The van der Waals surface area contributed by atoms with Crippen LogP contribution in [-0.4, -0.2) is 72.9 Å². The van der Waals surface area contributed by atoms with Crippen LogP contribution in [0.1, 0.15) is 31.2 Å². The van der Waals surface area contributed by atoms with E-state index in [-0.39, 0.29) is 17.6 Å². The standard InChI is InChI=1S/C29H33N7O3S/c1-19(2)22(18-37)27-13-23(35-39-27)20(16-31-4)17-32-10-12-36(11-9-30-3)29-15-25-28(40-29)14-24(33-34-25)21-7-5-6-8-26(21)38/h5-8,13-19,22,30,38H,4,9-12H2,1-3H3/b20-16+,32-17?. The summed E-state index contributed by atoms with van der Waals surface area (Å²) in [6.07, 6.45) is 4.15. The number of aromatic hydroxyl groups is 1. The van der Waals surface area contributed by atoms with E-state index in [4.69, 9.17) is 4.52 Å². The van der Waals surface area contributed by atoms with Gasteiger partial charge < -0.3 is 24.6 Å². The van der Waals surface area contributed by atoms with Crippen molar-refractivity contribution >= 4 is 51.3 Å². The molecule has 10 nitrogen and oxygen atoms in total. The van der Waals surface area contributed by atoms with Gasteiger partial charge in [-0.15, -0.1) is 21.5 Å². The van der Waals surface area contributed by atoms with Crippen molar-refractivity contribution in [1.82, 2.24) is 20.7 Å². The average molecular weight is 560 g/mol. The second kappa shape index (κ2) is 13.7. The van der Waals surface area contributed by atoms with E-state index in [1.165, 1.54) is 0 Å². The van der Waals surface area contributed by atoms with Crippen molar-refractivity contribution in [2.24, 2.45) is 15.9 Å². The van der Waals surface area contributed by atoms with E-state index in [0.717, 1.165) is 34.6 Å². The van der Waals surface area contributed by atoms with Crippen molar-refractivity contribution in [1.29, 1.82) is 0 Å². The molecule has 0 fully saturated rings. The third kappa shape index (κ3) is 6.85. The second-order valence-corrected chi connectivity index (χ2v) is 10.6. The van der Waals surface area contributed by atoms with Crippen molar-refractivity contribution in [2.75, 3.05) is 38.1 Å². The Labute approximate surface area is 237 Å². The lowest BCUT2D eigenvalue weighted by atomic mass is 9.94. The summed E-state index contributed by atoms with van der Waals surface area (Å²) in [5, 5.41) is 27.3. The number of aliphatic imine (C=N–C) groups is 2. The maximum absolute atomic E-state index is 11.5.